The zero-order valence-corrected chi connectivity index (χ0v) is 16.3. The van der Waals surface area contributed by atoms with Crippen LogP contribution in [-0.2, 0) is 12.8 Å². The average molecular weight is 369 g/mol. The number of aryl methyl sites for hydroxylation is 2. The van der Waals surface area contributed by atoms with Crippen LogP contribution < -0.4 is 0 Å². The number of hydrogen-bond acceptors (Lipinski definition) is 3. The Kier molecular flexibility index (Phi) is 6.75. The van der Waals surface area contributed by atoms with Crippen LogP contribution in [0.15, 0.2) is 23.2 Å². The minimum Gasteiger partial charge on any atom is -0.248 e. The number of thioether (sulfide) groups is 1. The third kappa shape index (κ3) is 4.40. The van der Waals surface area contributed by atoms with E-state index in [1.54, 1.807) is 6.07 Å². The average Bonchev–Trinajstić information content (AvgIpc) is 2.54. The largest absolute Gasteiger partial charge is 0.248 e. The van der Waals surface area contributed by atoms with Crippen molar-refractivity contribution in [3.63, 3.8) is 0 Å². The van der Waals surface area contributed by atoms with Gasteiger partial charge in [0.15, 0.2) is 0 Å². The van der Waals surface area contributed by atoms with Crippen LogP contribution in [0.1, 0.15) is 45.5 Å². The van der Waals surface area contributed by atoms with Crippen molar-refractivity contribution in [2.24, 2.45) is 0 Å². The first-order valence-electron chi connectivity index (χ1n) is 8.01. The van der Waals surface area contributed by atoms with Gasteiger partial charge in [-0.2, -0.15) is 0 Å². The standard InChI is InChI=1S/C18H22Cl2N2S/c1-5-11(4)23-18-16(7-3)21-17(15(6-2)22-18)13-9-8-12(19)10-14(13)20/h8-11H,5-7H2,1-4H3. The van der Waals surface area contributed by atoms with Gasteiger partial charge in [-0.1, -0.05) is 50.9 Å². The molecular formula is C18H22Cl2N2S. The smallest absolute Gasteiger partial charge is 0.118 e. The number of halogens is 2. The Hall–Kier alpha value is -0.770. The Morgan fingerprint density at radius 1 is 1.04 bits per heavy atom. The molecule has 0 amide bonds. The third-order valence-electron chi connectivity index (χ3n) is 3.75. The van der Waals surface area contributed by atoms with E-state index >= 15 is 0 Å². The highest BCUT2D eigenvalue weighted by molar-refractivity contribution is 7.99. The summed E-state index contributed by atoms with van der Waals surface area (Å²) >= 11 is 14.2. The van der Waals surface area contributed by atoms with Gasteiger partial charge in [0.2, 0.25) is 0 Å². The molecule has 0 spiro atoms. The van der Waals surface area contributed by atoms with E-state index in [1.165, 1.54) is 0 Å². The molecule has 1 heterocycles. The van der Waals surface area contributed by atoms with E-state index in [1.807, 2.05) is 23.9 Å². The molecule has 2 nitrogen and oxygen atoms in total. The first-order chi connectivity index (χ1) is 11.0. The minimum atomic E-state index is 0.532. The fourth-order valence-electron chi connectivity index (χ4n) is 2.23. The van der Waals surface area contributed by atoms with Gasteiger partial charge in [0.05, 0.1) is 22.1 Å². The lowest BCUT2D eigenvalue weighted by Crippen LogP contribution is -2.06. The lowest BCUT2D eigenvalue weighted by molar-refractivity contribution is 0.847. The van der Waals surface area contributed by atoms with Gasteiger partial charge in [0.25, 0.3) is 0 Å². The van der Waals surface area contributed by atoms with Crippen LogP contribution in [0.5, 0.6) is 0 Å². The molecule has 1 unspecified atom stereocenters. The number of aromatic nitrogens is 2. The summed E-state index contributed by atoms with van der Waals surface area (Å²) in [6, 6.07) is 5.53. The van der Waals surface area contributed by atoms with Crippen molar-refractivity contribution in [2.45, 2.75) is 57.2 Å². The summed E-state index contributed by atoms with van der Waals surface area (Å²) in [6.07, 6.45) is 2.79. The molecule has 0 radical (unpaired) electrons. The molecule has 2 aromatic rings. The van der Waals surface area contributed by atoms with Gasteiger partial charge in [-0.15, -0.1) is 11.8 Å². The fraction of sp³-hybridized carbons (Fsp3) is 0.444. The van der Waals surface area contributed by atoms with Crippen LogP contribution in [-0.4, -0.2) is 15.2 Å². The topological polar surface area (TPSA) is 25.8 Å². The number of benzene rings is 1. The predicted molar refractivity (Wildman–Crippen MR) is 102 cm³/mol. The Bertz CT molecular complexity index is 689. The molecular weight excluding hydrogens is 347 g/mol. The van der Waals surface area contributed by atoms with Gasteiger partial charge in [0.1, 0.15) is 5.03 Å². The molecule has 124 valence electrons. The molecule has 0 aliphatic rings. The van der Waals surface area contributed by atoms with Crippen LogP contribution in [0, 0.1) is 0 Å². The maximum absolute atomic E-state index is 6.38. The molecule has 5 heteroatoms. The van der Waals surface area contributed by atoms with Gasteiger partial charge in [-0.3, -0.25) is 0 Å². The van der Waals surface area contributed by atoms with Gasteiger partial charge in [0, 0.05) is 15.8 Å². The van der Waals surface area contributed by atoms with Crippen LogP contribution in [0.2, 0.25) is 10.0 Å². The predicted octanol–water partition coefficient (Wildman–Crippen LogP) is 6.47. The van der Waals surface area contributed by atoms with Crippen molar-refractivity contribution in [1.82, 2.24) is 9.97 Å². The third-order valence-corrected chi connectivity index (χ3v) is 5.58. The molecule has 0 fully saturated rings. The zero-order chi connectivity index (χ0) is 17.0. The van der Waals surface area contributed by atoms with Crippen LogP contribution in [0.25, 0.3) is 11.3 Å². The second-order valence-electron chi connectivity index (χ2n) is 5.44. The lowest BCUT2D eigenvalue weighted by atomic mass is 10.1. The van der Waals surface area contributed by atoms with Crippen molar-refractivity contribution in [3.05, 3.63) is 39.6 Å². The van der Waals surface area contributed by atoms with Crippen molar-refractivity contribution >= 4 is 35.0 Å². The first kappa shape index (κ1) is 18.6. The minimum absolute atomic E-state index is 0.532. The highest BCUT2D eigenvalue weighted by atomic mass is 35.5. The van der Waals surface area contributed by atoms with E-state index in [-0.39, 0.29) is 0 Å². The van der Waals surface area contributed by atoms with Crippen molar-refractivity contribution < 1.29 is 0 Å². The molecule has 1 aromatic carbocycles. The summed E-state index contributed by atoms with van der Waals surface area (Å²) in [6.45, 7) is 8.63. The van der Waals surface area contributed by atoms with Crippen LogP contribution >= 0.6 is 35.0 Å². The zero-order valence-electron chi connectivity index (χ0n) is 14.0. The second-order valence-corrected chi connectivity index (χ2v) is 7.71. The summed E-state index contributed by atoms with van der Waals surface area (Å²) in [5, 5.41) is 2.83. The van der Waals surface area contributed by atoms with Gasteiger partial charge < -0.3 is 0 Å². The number of nitrogens with zero attached hydrogens (tertiary/aromatic N) is 2. The van der Waals surface area contributed by atoms with Gasteiger partial charge >= 0.3 is 0 Å². The Morgan fingerprint density at radius 2 is 1.74 bits per heavy atom. The normalized spacial score (nSPS) is 12.4. The molecule has 2 rings (SSSR count). The molecule has 0 N–H and O–H groups in total. The summed E-state index contributed by atoms with van der Waals surface area (Å²) in [4.78, 5) is 9.80. The van der Waals surface area contributed by atoms with Gasteiger partial charge in [-0.05, 0) is 37.5 Å². The maximum Gasteiger partial charge on any atom is 0.118 e. The molecule has 0 aliphatic carbocycles. The fourth-order valence-corrected chi connectivity index (χ4v) is 3.76. The quantitative estimate of drug-likeness (QED) is 0.546. The Labute approximate surface area is 153 Å². The second kappa shape index (κ2) is 8.36. The van der Waals surface area contributed by atoms with E-state index < -0.39 is 0 Å². The highest BCUT2D eigenvalue weighted by Gasteiger charge is 2.17. The summed E-state index contributed by atoms with van der Waals surface area (Å²) in [5.41, 5.74) is 3.79. The van der Waals surface area contributed by atoms with E-state index in [0.29, 0.717) is 15.3 Å². The van der Waals surface area contributed by atoms with E-state index in [0.717, 1.165) is 46.9 Å². The van der Waals surface area contributed by atoms with Crippen LogP contribution in [0.3, 0.4) is 0 Å². The molecule has 0 aliphatic heterocycles. The molecule has 0 bridgehead atoms. The van der Waals surface area contributed by atoms with E-state index in [9.17, 15) is 0 Å². The highest BCUT2D eigenvalue weighted by Crippen LogP contribution is 2.34. The molecule has 23 heavy (non-hydrogen) atoms. The molecule has 0 saturated heterocycles. The number of rotatable bonds is 6. The first-order valence-corrected chi connectivity index (χ1v) is 9.65. The van der Waals surface area contributed by atoms with Crippen molar-refractivity contribution in [3.8, 4) is 11.3 Å². The van der Waals surface area contributed by atoms with E-state index in [4.69, 9.17) is 33.2 Å². The Morgan fingerprint density at radius 3 is 2.30 bits per heavy atom. The SMILES string of the molecule is CCc1nc(-c2ccc(Cl)cc2Cl)c(CC)nc1SC(C)CC. The maximum atomic E-state index is 6.38. The lowest BCUT2D eigenvalue weighted by Gasteiger charge is -2.16. The molecule has 0 saturated carbocycles. The van der Waals surface area contributed by atoms with E-state index in [2.05, 4.69) is 27.7 Å². The number of hydrogen-bond donors (Lipinski definition) is 0. The van der Waals surface area contributed by atoms with Crippen molar-refractivity contribution in [2.75, 3.05) is 0 Å². The molecule has 1 aromatic heterocycles. The monoisotopic (exact) mass is 368 g/mol. The summed E-state index contributed by atoms with van der Waals surface area (Å²) in [7, 11) is 0. The van der Waals surface area contributed by atoms with Gasteiger partial charge in [-0.25, -0.2) is 9.97 Å². The Balaban J connectivity index is 2.55. The molecule has 1 atom stereocenters. The summed E-state index contributed by atoms with van der Waals surface area (Å²) in [5.74, 6) is 0. The van der Waals surface area contributed by atoms with Crippen molar-refractivity contribution in [1.29, 1.82) is 0 Å². The summed E-state index contributed by atoms with van der Waals surface area (Å²) < 4.78 is 0. The van der Waals surface area contributed by atoms with Crippen LogP contribution in [0.4, 0.5) is 0 Å².